The molecule has 0 bridgehead atoms. The van der Waals surface area contributed by atoms with Crippen molar-refractivity contribution in [2.24, 2.45) is 5.41 Å². The number of hydrogen-bond acceptors (Lipinski definition) is 8. The van der Waals surface area contributed by atoms with Crippen LogP contribution in [0.3, 0.4) is 0 Å². The zero-order chi connectivity index (χ0) is 28.5. The Hall–Kier alpha value is -3.69. The van der Waals surface area contributed by atoms with E-state index in [4.69, 9.17) is 25.8 Å². The fourth-order valence-corrected chi connectivity index (χ4v) is 4.87. The monoisotopic (exact) mass is 568 g/mol. The smallest absolute Gasteiger partial charge is 0.375 e. The number of nitrogens with zero attached hydrogens (tertiary/aromatic N) is 2. The highest BCUT2D eigenvalue weighted by atomic mass is 35.5. The van der Waals surface area contributed by atoms with Gasteiger partial charge in [0.15, 0.2) is 11.5 Å². The molecule has 39 heavy (non-hydrogen) atoms. The number of methoxy groups -OCH3 is 1. The van der Waals surface area contributed by atoms with Crippen LogP contribution in [0.4, 0.5) is 0 Å². The SMILES string of the molecule is COc1cc(-n2cnc3cc(-c4ccc(Cl)cc4)sc3c2=O)ccc1OCC(C)(C)C(=O)C(=O)OC(C)(C)C. The van der Waals surface area contributed by atoms with Gasteiger partial charge < -0.3 is 14.2 Å². The number of ketones is 1. The third-order valence-electron chi connectivity index (χ3n) is 5.78. The van der Waals surface area contributed by atoms with Crippen LogP contribution in [0.2, 0.25) is 5.02 Å². The summed E-state index contributed by atoms with van der Waals surface area (Å²) in [6.45, 7) is 8.23. The molecule has 10 heteroatoms. The van der Waals surface area contributed by atoms with Crippen LogP contribution in [0, 0.1) is 5.41 Å². The summed E-state index contributed by atoms with van der Waals surface area (Å²) < 4.78 is 18.5. The summed E-state index contributed by atoms with van der Waals surface area (Å²) in [5.74, 6) is -0.885. The molecule has 0 atom stereocenters. The minimum atomic E-state index is -1.14. The Balaban J connectivity index is 1.57. The molecule has 0 aliphatic rings. The van der Waals surface area contributed by atoms with Crippen LogP contribution in [0.5, 0.6) is 11.5 Å². The van der Waals surface area contributed by atoms with Crippen LogP contribution in [-0.2, 0) is 14.3 Å². The van der Waals surface area contributed by atoms with Gasteiger partial charge in [0.25, 0.3) is 5.56 Å². The van der Waals surface area contributed by atoms with E-state index in [0.29, 0.717) is 32.4 Å². The maximum atomic E-state index is 13.4. The Labute approximate surface area is 235 Å². The number of fused-ring (bicyclic) bond motifs is 1. The summed E-state index contributed by atoms with van der Waals surface area (Å²) in [4.78, 5) is 43.7. The number of thiophene rings is 1. The molecule has 0 saturated heterocycles. The van der Waals surface area contributed by atoms with Crippen molar-refractivity contribution in [3.05, 3.63) is 70.2 Å². The topological polar surface area (TPSA) is 96.7 Å². The second-order valence-electron chi connectivity index (χ2n) is 10.6. The first-order valence-corrected chi connectivity index (χ1v) is 13.3. The summed E-state index contributed by atoms with van der Waals surface area (Å²) in [7, 11) is 1.48. The lowest BCUT2D eigenvalue weighted by Crippen LogP contribution is -2.40. The summed E-state index contributed by atoms with van der Waals surface area (Å²) in [5.41, 5.74) is -0.0493. The Morgan fingerprint density at radius 2 is 1.69 bits per heavy atom. The molecule has 0 unspecified atom stereocenters. The number of Topliss-reactive ketones (excluding diaryl/α,β-unsaturated/α-hetero) is 1. The van der Waals surface area contributed by atoms with Crippen molar-refractivity contribution in [3.8, 4) is 27.6 Å². The van der Waals surface area contributed by atoms with Gasteiger partial charge in [0.1, 0.15) is 23.2 Å². The predicted octanol–water partition coefficient (Wildman–Crippen LogP) is 6.09. The van der Waals surface area contributed by atoms with E-state index in [2.05, 4.69) is 4.98 Å². The first-order valence-electron chi connectivity index (χ1n) is 12.2. The van der Waals surface area contributed by atoms with Crippen molar-refractivity contribution >= 4 is 44.9 Å². The molecule has 0 radical (unpaired) electrons. The molecule has 4 rings (SSSR count). The van der Waals surface area contributed by atoms with Gasteiger partial charge in [-0.1, -0.05) is 23.7 Å². The van der Waals surface area contributed by atoms with E-state index < -0.39 is 22.8 Å². The molecular formula is C29H29ClN2O6S. The van der Waals surface area contributed by atoms with E-state index >= 15 is 0 Å². The van der Waals surface area contributed by atoms with Crippen LogP contribution in [0.15, 0.2) is 59.7 Å². The van der Waals surface area contributed by atoms with Crippen LogP contribution in [-0.4, -0.2) is 40.6 Å². The maximum absolute atomic E-state index is 13.4. The number of carbonyl (C=O) groups is 2. The van der Waals surface area contributed by atoms with Gasteiger partial charge in [-0.3, -0.25) is 14.2 Å². The van der Waals surface area contributed by atoms with Gasteiger partial charge in [0.05, 0.1) is 23.7 Å². The molecule has 0 saturated carbocycles. The number of halogens is 1. The molecule has 8 nitrogen and oxygen atoms in total. The predicted molar refractivity (Wildman–Crippen MR) is 152 cm³/mol. The van der Waals surface area contributed by atoms with E-state index in [1.807, 2.05) is 18.2 Å². The third-order valence-corrected chi connectivity index (χ3v) is 7.19. The molecule has 2 aromatic heterocycles. The normalized spacial score (nSPS) is 11.9. The highest BCUT2D eigenvalue weighted by Crippen LogP contribution is 2.33. The van der Waals surface area contributed by atoms with Crippen molar-refractivity contribution in [1.82, 2.24) is 9.55 Å². The van der Waals surface area contributed by atoms with Crippen molar-refractivity contribution in [3.63, 3.8) is 0 Å². The van der Waals surface area contributed by atoms with Gasteiger partial charge in [-0.25, -0.2) is 9.78 Å². The number of aromatic nitrogens is 2. The number of esters is 1. The highest BCUT2D eigenvalue weighted by Gasteiger charge is 2.37. The number of ether oxygens (including phenoxy) is 3. The maximum Gasteiger partial charge on any atom is 0.375 e. The van der Waals surface area contributed by atoms with Gasteiger partial charge in [-0.05, 0) is 70.5 Å². The van der Waals surface area contributed by atoms with E-state index in [1.165, 1.54) is 29.3 Å². The fourth-order valence-electron chi connectivity index (χ4n) is 3.70. The van der Waals surface area contributed by atoms with Gasteiger partial charge in [0.2, 0.25) is 5.78 Å². The molecule has 0 N–H and O–H groups in total. The van der Waals surface area contributed by atoms with E-state index in [-0.39, 0.29) is 12.2 Å². The molecule has 4 aromatic rings. The average molecular weight is 569 g/mol. The van der Waals surface area contributed by atoms with E-state index in [9.17, 15) is 14.4 Å². The first-order chi connectivity index (χ1) is 18.3. The Morgan fingerprint density at radius 3 is 2.33 bits per heavy atom. The number of hydrogen-bond donors (Lipinski definition) is 0. The largest absolute Gasteiger partial charge is 0.493 e. The lowest BCUT2D eigenvalue weighted by molar-refractivity contribution is -0.166. The molecule has 2 aromatic carbocycles. The molecule has 0 aliphatic heterocycles. The second kappa shape index (κ2) is 10.8. The Bertz CT molecular complexity index is 1600. The summed E-state index contributed by atoms with van der Waals surface area (Å²) >= 11 is 7.36. The first kappa shape index (κ1) is 28.3. The van der Waals surface area contributed by atoms with E-state index in [1.54, 1.807) is 65.0 Å². The second-order valence-corrected chi connectivity index (χ2v) is 12.1. The van der Waals surface area contributed by atoms with Crippen LogP contribution in [0.25, 0.3) is 26.3 Å². The van der Waals surface area contributed by atoms with Gasteiger partial charge in [-0.15, -0.1) is 11.3 Å². The van der Waals surface area contributed by atoms with Crippen LogP contribution >= 0.6 is 22.9 Å². The zero-order valence-corrected chi connectivity index (χ0v) is 24.1. The van der Waals surface area contributed by atoms with Gasteiger partial charge in [0, 0.05) is 16.0 Å². The molecule has 0 fully saturated rings. The van der Waals surface area contributed by atoms with Crippen LogP contribution in [0.1, 0.15) is 34.6 Å². The minimum Gasteiger partial charge on any atom is -0.493 e. The van der Waals surface area contributed by atoms with Crippen molar-refractivity contribution in [2.75, 3.05) is 13.7 Å². The lowest BCUT2D eigenvalue weighted by atomic mass is 9.89. The van der Waals surface area contributed by atoms with Gasteiger partial charge >= 0.3 is 5.97 Å². The standard InChI is InChI=1S/C29H29ClN2O6S/c1-28(2,3)38-27(35)25(33)29(4,5)15-37-21-12-11-19(13-22(21)36-6)32-16-31-20-14-23(39-24(20)26(32)34)17-7-9-18(30)10-8-17/h7-14,16H,15H2,1-6H3. The molecule has 0 amide bonds. The molecule has 0 aliphatic carbocycles. The fraction of sp³-hybridized carbons (Fsp3) is 0.310. The average Bonchev–Trinajstić information content (AvgIpc) is 3.32. The summed E-state index contributed by atoms with van der Waals surface area (Å²) in [6.07, 6.45) is 1.47. The number of carbonyl (C=O) groups excluding carboxylic acids is 2. The highest BCUT2D eigenvalue weighted by molar-refractivity contribution is 7.22. The van der Waals surface area contributed by atoms with Crippen LogP contribution < -0.4 is 15.0 Å². The zero-order valence-electron chi connectivity index (χ0n) is 22.5. The van der Waals surface area contributed by atoms with Crippen molar-refractivity contribution < 1.29 is 23.8 Å². The van der Waals surface area contributed by atoms with Gasteiger partial charge in [-0.2, -0.15) is 0 Å². The molecular weight excluding hydrogens is 540 g/mol. The molecule has 2 heterocycles. The summed E-state index contributed by atoms with van der Waals surface area (Å²) in [5, 5.41) is 0.639. The Kier molecular flexibility index (Phi) is 7.86. The number of rotatable bonds is 8. The molecule has 0 spiro atoms. The quantitative estimate of drug-likeness (QED) is 0.187. The lowest BCUT2D eigenvalue weighted by Gasteiger charge is -2.25. The minimum absolute atomic E-state index is 0.0864. The Morgan fingerprint density at radius 1 is 1.00 bits per heavy atom. The molecule has 204 valence electrons. The summed E-state index contributed by atoms with van der Waals surface area (Å²) in [6, 6.07) is 14.3. The van der Waals surface area contributed by atoms with E-state index in [0.717, 1.165) is 10.4 Å². The van der Waals surface area contributed by atoms with Crippen molar-refractivity contribution in [2.45, 2.75) is 40.2 Å². The third kappa shape index (κ3) is 6.32. The number of benzene rings is 2. The van der Waals surface area contributed by atoms with Crippen molar-refractivity contribution in [1.29, 1.82) is 0 Å².